The highest BCUT2D eigenvalue weighted by atomic mass is 32.2. The van der Waals surface area contributed by atoms with Gasteiger partial charge in [-0.3, -0.25) is 0 Å². The molecule has 0 radical (unpaired) electrons. The van der Waals surface area contributed by atoms with Crippen LogP contribution in [0.4, 0.5) is 5.69 Å². The van der Waals surface area contributed by atoms with Crippen molar-refractivity contribution in [3.05, 3.63) is 59.9 Å². The Labute approximate surface area is 152 Å². The molecule has 1 saturated heterocycles. The van der Waals surface area contributed by atoms with Crippen molar-refractivity contribution >= 4 is 28.5 Å². The quantitative estimate of drug-likeness (QED) is 0.712. The van der Waals surface area contributed by atoms with E-state index in [2.05, 4.69) is 76.0 Å². The zero-order valence-electron chi connectivity index (χ0n) is 14.5. The van der Waals surface area contributed by atoms with E-state index in [9.17, 15) is 0 Å². The minimum absolute atomic E-state index is 0.433. The number of aromatic nitrogens is 2. The van der Waals surface area contributed by atoms with Crippen molar-refractivity contribution in [3.8, 4) is 0 Å². The highest BCUT2D eigenvalue weighted by molar-refractivity contribution is 7.99. The number of nitrogens with one attached hydrogen (secondary N) is 1. The standard InChI is InChI=1S/C21H23N3S/c1-14-11-25-12-21(17-6-4-16(5-7-17)15-2-3-15)24(14)18-8-9-19-20(10-18)23-13-22-19/h4-10,13-15,21H,2-3,11-12H2,1H3,(H,22,23). The molecule has 0 amide bonds. The largest absolute Gasteiger partial charge is 0.360 e. The molecule has 1 aliphatic heterocycles. The Morgan fingerprint density at radius 2 is 1.84 bits per heavy atom. The van der Waals surface area contributed by atoms with Crippen LogP contribution in [0.1, 0.15) is 42.9 Å². The van der Waals surface area contributed by atoms with Gasteiger partial charge in [-0.15, -0.1) is 0 Å². The third-order valence-electron chi connectivity index (χ3n) is 5.52. The summed E-state index contributed by atoms with van der Waals surface area (Å²) in [5.74, 6) is 3.15. The molecule has 2 atom stereocenters. The summed E-state index contributed by atoms with van der Waals surface area (Å²) in [4.78, 5) is 10.2. The molecule has 25 heavy (non-hydrogen) atoms. The van der Waals surface area contributed by atoms with Gasteiger partial charge in [0.15, 0.2) is 0 Å². The first-order chi connectivity index (χ1) is 12.3. The molecule has 1 aromatic heterocycles. The molecule has 2 heterocycles. The molecule has 2 aromatic carbocycles. The maximum atomic E-state index is 4.36. The molecular weight excluding hydrogens is 326 g/mol. The number of aromatic amines is 1. The van der Waals surface area contributed by atoms with Crippen molar-refractivity contribution in [2.75, 3.05) is 16.4 Å². The SMILES string of the molecule is CC1CSCC(c2ccc(C3CC3)cc2)N1c1ccc2nc[nH]c2c1. The first-order valence-corrected chi connectivity index (χ1v) is 10.3. The third-order valence-corrected chi connectivity index (χ3v) is 6.79. The molecule has 1 N–H and O–H groups in total. The van der Waals surface area contributed by atoms with Gasteiger partial charge in [-0.25, -0.2) is 4.98 Å². The fourth-order valence-electron chi connectivity index (χ4n) is 4.00. The lowest BCUT2D eigenvalue weighted by Gasteiger charge is -2.42. The Morgan fingerprint density at radius 3 is 2.64 bits per heavy atom. The number of hydrogen-bond donors (Lipinski definition) is 1. The first kappa shape index (κ1) is 15.3. The summed E-state index contributed by atoms with van der Waals surface area (Å²) < 4.78 is 0. The van der Waals surface area contributed by atoms with Gasteiger partial charge in [0, 0.05) is 23.2 Å². The Balaban J connectivity index is 1.51. The number of hydrogen-bond acceptors (Lipinski definition) is 3. The molecule has 3 nitrogen and oxygen atoms in total. The Bertz CT molecular complexity index is 882. The molecule has 128 valence electrons. The van der Waals surface area contributed by atoms with E-state index in [1.54, 1.807) is 6.33 Å². The second-order valence-electron chi connectivity index (χ2n) is 7.35. The van der Waals surface area contributed by atoms with Gasteiger partial charge in [0.2, 0.25) is 0 Å². The van der Waals surface area contributed by atoms with Crippen molar-refractivity contribution in [2.45, 2.75) is 37.8 Å². The van der Waals surface area contributed by atoms with Crippen molar-refractivity contribution in [2.24, 2.45) is 0 Å². The number of anilines is 1. The fraction of sp³-hybridized carbons (Fsp3) is 0.381. The van der Waals surface area contributed by atoms with Gasteiger partial charge in [0.25, 0.3) is 0 Å². The lowest BCUT2D eigenvalue weighted by molar-refractivity contribution is 0.593. The van der Waals surface area contributed by atoms with Gasteiger partial charge in [-0.05, 0) is 55.0 Å². The molecule has 1 aliphatic carbocycles. The van der Waals surface area contributed by atoms with E-state index >= 15 is 0 Å². The zero-order valence-corrected chi connectivity index (χ0v) is 15.3. The summed E-state index contributed by atoms with van der Waals surface area (Å²) in [6.45, 7) is 2.34. The van der Waals surface area contributed by atoms with Crippen LogP contribution in [0.2, 0.25) is 0 Å². The van der Waals surface area contributed by atoms with E-state index in [-0.39, 0.29) is 0 Å². The summed E-state index contributed by atoms with van der Waals surface area (Å²) in [6, 6.07) is 17.0. The smallest absolute Gasteiger partial charge is 0.0931 e. The summed E-state index contributed by atoms with van der Waals surface area (Å²) >= 11 is 2.07. The number of imidazole rings is 1. The molecule has 0 spiro atoms. The van der Waals surface area contributed by atoms with Crippen LogP contribution in [-0.2, 0) is 0 Å². The Kier molecular flexibility index (Phi) is 3.74. The molecule has 2 unspecified atom stereocenters. The molecule has 3 aromatic rings. The number of H-pyrrole nitrogens is 1. The van der Waals surface area contributed by atoms with Crippen molar-refractivity contribution in [1.82, 2.24) is 9.97 Å². The van der Waals surface area contributed by atoms with Crippen LogP contribution in [0.15, 0.2) is 48.8 Å². The van der Waals surface area contributed by atoms with Crippen LogP contribution in [0.25, 0.3) is 11.0 Å². The zero-order chi connectivity index (χ0) is 16.8. The van der Waals surface area contributed by atoms with Crippen LogP contribution in [0.5, 0.6) is 0 Å². The maximum absolute atomic E-state index is 4.36. The van der Waals surface area contributed by atoms with E-state index in [4.69, 9.17) is 0 Å². The fourth-order valence-corrected chi connectivity index (χ4v) is 5.21. The number of benzene rings is 2. The van der Waals surface area contributed by atoms with Crippen LogP contribution >= 0.6 is 11.8 Å². The lowest BCUT2D eigenvalue weighted by atomic mass is 10.0. The number of nitrogens with zero attached hydrogens (tertiary/aromatic N) is 2. The van der Waals surface area contributed by atoms with E-state index in [1.807, 2.05) is 0 Å². The predicted octanol–water partition coefficient (Wildman–Crippen LogP) is 5.12. The number of fused-ring (bicyclic) bond motifs is 1. The minimum atomic E-state index is 0.433. The number of thioether (sulfide) groups is 1. The molecule has 2 fully saturated rings. The van der Waals surface area contributed by atoms with E-state index in [1.165, 1.54) is 35.4 Å². The second kappa shape index (κ2) is 6.10. The normalized spacial score (nSPS) is 24.0. The molecular formula is C21H23N3S. The average molecular weight is 350 g/mol. The van der Waals surface area contributed by atoms with Crippen LogP contribution in [0, 0.1) is 0 Å². The Hall–Kier alpha value is -1.94. The molecule has 5 rings (SSSR count). The summed E-state index contributed by atoms with van der Waals surface area (Å²) in [6.07, 6.45) is 4.51. The Morgan fingerprint density at radius 1 is 1.04 bits per heavy atom. The van der Waals surface area contributed by atoms with Crippen molar-refractivity contribution in [1.29, 1.82) is 0 Å². The van der Waals surface area contributed by atoms with E-state index in [0.29, 0.717) is 12.1 Å². The summed E-state index contributed by atoms with van der Waals surface area (Å²) in [5, 5.41) is 0. The average Bonchev–Trinajstić information content (AvgIpc) is 3.39. The second-order valence-corrected chi connectivity index (χ2v) is 8.43. The van der Waals surface area contributed by atoms with Gasteiger partial charge >= 0.3 is 0 Å². The topological polar surface area (TPSA) is 31.9 Å². The third kappa shape index (κ3) is 2.82. The predicted molar refractivity (Wildman–Crippen MR) is 107 cm³/mol. The first-order valence-electron chi connectivity index (χ1n) is 9.18. The molecule has 0 bridgehead atoms. The lowest BCUT2D eigenvalue weighted by Crippen LogP contribution is -2.43. The van der Waals surface area contributed by atoms with Crippen LogP contribution < -0.4 is 4.90 Å². The van der Waals surface area contributed by atoms with Crippen LogP contribution in [-0.4, -0.2) is 27.5 Å². The molecule has 2 aliphatic rings. The monoisotopic (exact) mass is 349 g/mol. The summed E-state index contributed by atoms with van der Waals surface area (Å²) in [5.41, 5.74) is 6.40. The van der Waals surface area contributed by atoms with Gasteiger partial charge in [0.1, 0.15) is 0 Å². The van der Waals surface area contributed by atoms with E-state index in [0.717, 1.165) is 22.7 Å². The van der Waals surface area contributed by atoms with Gasteiger partial charge in [-0.1, -0.05) is 24.3 Å². The van der Waals surface area contributed by atoms with Crippen molar-refractivity contribution < 1.29 is 0 Å². The van der Waals surface area contributed by atoms with Gasteiger partial charge in [-0.2, -0.15) is 11.8 Å². The minimum Gasteiger partial charge on any atom is -0.360 e. The van der Waals surface area contributed by atoms with E-state index < -0.39 is 0 Å². The highest BCUT2D eigenvalue weighted by Crippen LogP contribution is 2.42. The number of rotatable bonds is 3. The maximum Gasteiger partial charge on any atom is 0.0931 e. The van der Waals surface area contributed by atoms with Gasteiger partial charge < -0.3 is 9.88 Å². The van der Waals surface area contributed by atoms with Crippen LogP contribution in [0.3, 0.4) is 0 Å². The molecule has 4 heteroatoms. The van der Waals surface area contributed by atoms with Gasteiger partial charge in [0.05, 0.1) is 23.4 Å². The highest BCUT2D eigenvalue weighted by Gasteiger charge is 2.30. The summed E-state index contributed by atoms with van der Waals surface area (Å²) in [7, 11) is 0. The molecule has 1 saturated carbocycles. The van der Waals surface area contributed by atoms with Crippen molar-refractivity contribution in [3.63, 3.8) is 0 Å².